The monoisotopic (exact) mass is 157 g/mol. The number of hydrogen-bond donors (Lipinski definition) is 1. The molecule has 0 heterocycles. The van der Waals surface area contributed by atoms with Crippen molar-refractivity contribution in [3.05, 3.63) is 0 Å². The Bertz CT molecular complexity index is 80.9. The zero-order chi connectivity index (χ0) is 8.69. The van der Waals surface area contributed by atoms with Crippen LogP contribution < -0.4 is 5.73 Å². The van der Waals surface area contributed by atoms with Gasteiger partial charge in [0.25, 0.3) is 0 Å². The summed E-state index contributed by atoms with van der Waals surface area (Å²) < 4.78 is 0. The van der Waals surface area contributed by atoms with Crippen LogP contribution in [0.2, 0.25) is 0 Å². The van der Waals surface area contributed by atoms with Crippen LogP contribution in [0.25, 0.3) is 0 Å². The lowest BCUT2D eigenvalue weighted by atomic mass is 9.96. The predicted molar refractivity (Wildman–Crippen MR) is 51.6 cm³/mol. The van der Waals surface area contributed by atoms with Crippen molar-refractivity contribution in [2.75, 3.05) is 0 Å². The van der Waals surface area contributed by atoms with Gasteiger partial charge in [-0.15, -0.1) is 0 Å². The van der Waals surface area contributed by atoms with E-state index in [1.807, 2.05) is 0 Å². The number of unbranched alkanes of at least 4 members (excludes halogenated alkanes) is 1. The van der Waals surface area contributed by atoms with Crippen LogP contribution in [0.1, 0.15) is 52.9 Å². The molecule has 0 rings (SSSR count). The van der Waals surface area contributed by atoms with Gasteiger partial charge >= 0.3 is 0 Å². The van der Waals surface area contributed by atoms with Crippen LogP contribution in [-0.2, 0) is 0 Å². The van der Waals surface area contributed by atoms with Gasteiger partial charge in [0.15, 0.2) is 0 Å². The van der Waals surface area contributed by atoms with E-state index in [2.05, 4.69) is 20.8 Å². The SMILES string of the molecule is CCCC[C@@H](C)C[C@@H](N)CC. The summed E-state index contributed by atoms with van der Waals surface area (Å²) in [6.45, 7) is 6.72. The lowest BCUT2D eigenvalue weighted by Crippen LogP contribution is -2.21. The van der Waals surface area contributed by atoms with Gasteiger partial charge in [-0.3, -0.25) is 0 Å². The Morgan fingerprint density at radius 3 is 2.36 bits per heavy atom. The fraction of sp³-hybridized carbons (Fsp3) is 1.00. The molecule has 0 aromatic carbocycles. The topological polar surface area (TPSA) is 26.0 Å². The Morgan fingerprint density at radius 2 is 1.91 bits per heavy atom. The van der Waals surface area contributed by atoms with Crippen molar-refractivity contribution >= 4 is 0 Å². The zero-order valence-corrected chi connectivity index (χ0v) is 8.27. The Labute approximate surface area is 71.4 Å². The Balaban J connectivity index is 3.27. The summed E-state index contributed by atoms with van der Waals surface area (Å²) in [4.78, 5) is 0. The van der Waals surface area contributed by atoms with Crippen LogP contribution in [0.4, 0.5) is 0 Å². The molecular weight excluding hydrogens is 134 g/mol. The minimum atomic E-state index is 0.432. The Hall–Kier alpha value is -0.0400. The highest BCUT2D eigenvalue weighted by molar-refractivity contribution is 4.63. The van der Waals surface area contributed by atoms with Gasteiger partial charge in [0.05, 0.1) is 0 Å². The van der Waals surface area contributed by atoms with Crippen LogP contribution in [0.5, 0.6) is 0 Å². The Morgan fingerprint density at radius 1 is 1.27 bits per heavy atom. The van der Waals surface area contributed by atoms with E-state index in [0.717, 1.165) is 12.3 Å². The molecule has 11 heavy (non-hydrogen) atoms. The van der Waals surface area contributed by atoms with E-state index in [0.29, 0.717) is 6.04 Å². The van der Waals surface area contributed by atoms with Crippen molar-refractivity contribution in [3.63, 3.8) is 0 Å². The summed E-state index contributed by atoms with van der Waals surface area (Å²) in [7, 11) is 0. The first-order valence-corrected chi connectivity index (χ1v) is 4.96. The maximum Gasteiger partial charge on any atom is 0.00387 e. The van der Waals surface area contributed by atoms with Crippen LogP contribution >= 0.6 is 0 Å². The van der Waals surface area contributed by atoms with Crippen molar-refractivity contribution in [2.45, 2.75) is 58.9 Å². The maximum atomic E-state index is 5.85. The van der Waals surface area contributed by atoms with E-state index in [1.165, 1.54) is 25.7 Å². The summed E-state index contributed by atoms with van der Waals surface area (Å²) in [5.41, 5.74) is 5.85. The second-order valence-electron chi connectivity index (χ2n) is 3.65. The largest absolute Gasteiger partial charge is 0.328 e. The normalized spacial score (nSPS) is 16.4. The molecule has 0 radical (unpaired) electrons. The molecule has 0 aromatic rings. The van der Waals surface area contributed by atoms with E-state index in [9.17, 15) is 0 Å². The van der Waals surface area contributed by atoms with Gasteiger partial charge < -0.3 is 5.73 Å². The van der Waals surface area contributed by atoms with Crippen molar-refractivity contribution in [1.29, 1.82) is 0 Å². The zero-order valence-electron chi connectivity index (χ0n) is 8.27. The molecule has 0 saturated heterocycles. The molecule has 0 spiro atoms. The van der Waals surface area contributed by atoms with Crippen molar-refractivity contribution < 1.29 is 0 Å². The fourth-order valence-electron chi connectivity index (χ4n) is 1.35. The summed E-state index contributed by atoms with van der Waals surface area (Å²) >= 11 is 0. The maximum absolute atomic E-state index is 5.85. The molecule has 1 nitrogen and oxygen atoms in total. The molecule has 1 heteroatoms. The second kappa shape index (κ2) is 6.66. The van der Waals surface area contributed by atoms with Gasteiger partial charge in [-0.05, 0) is 18.8 Å². The first-order valence-electron chi connectivity index (χ1n) is 4.96. The third kappa shape index (κ3) is 6.36. The molecule has 0 fully saturated rings. The molecule has 0 aliphatic carbocycles. The molecule has 0 saturated carbocycles. The summed E-state index contributed by atoms with van der Waals surface area (Å²) in [5.74, 6) is 0.824. The fourth-order valence-corrected chi connectivity index (χ4v) is 1.35. The molecule has 2 atom stereocenters. The van der Waals surface area contributed by atoms with E-state index in [1.54, 1.807) is 0 Å². The van der Waals surface area contributed by atoms with Gasteiger partial charge in [0, 0.05) is 6.04 Å². The lowest BCUT2D eigenvalue weighted by Gasteiger charge is -2.14. The van der Waals surface area contributed by atoms with Crippen molar-refractivity contribution in [3.8, 4) is 0 Å². The molecule has 68 valence electrons. The standard InChI is InChI=1S/C10H23N/c1-4-6-7-9(3)8-10(11)5-2/h9-10H,4-8,11H2,1-3H3/t9-,10+/m1/s1. The summed E-state index contributed by atoms with van der Waals surface area (Å²) in [5, 5.41) is 0. The molecule has 0 unspecified atom stereocenters. The summed E-state index contributed by atoms with van der Waals surface area (Å²) in [6.07, 6.45) is 6.35. The summed E-state index contributed by atoms with van der Waals surface area (Å²) in [6, 6.07) is 0.432. The highest BCUT2D eigenvalue weighted by atomic mass is 14.6. The first-order chi connectivity index (χ1) is 5.20. The quantitative estimate of drug-likeness (QED) is 0.630. The Kier molecular flexibility index (Phi) is 6.63. The van der Waals surface area contributed by atoms with Crippen LogP contribution in [0, 0.1) is 5.92 Å². The molecule has 0 aliphatic rings. The number of hydrogen-bond acceptors (Lipinski definition) is 1. The van der Waals surface area contributed by atoms with Gasteiger partial charge in [-0.1, -0.05) is 40.0 Å². The number of rotatable bonds is 6. The molecule has 2 N–H and O–H groups in total. The molecule has 0 aliphatic heterocycles. The number of nitrogens with two attached hydrogens (primary N) is 1. The molecular formula is C10H23N. The minimum absolute atomic E-state index is 0.432. The minimum Gasteiger partial charge on any atom is -0.328 e. The van der Waals surface area contributed by atoms with E-state index in [-0.39, 0.29) is 0 Å². The average molecular weight is 157 g/mol. The third-order valence-electron chi connectivity index (χ3n) is 2.28. The van der Waals surface area contributed by atoms with Gasteiger partial charge in [-0.25, -0.2) is 0 Å². The second-order valence-corrected chi connectivity index (χ2v) is 3.65. The van der Waals surface area contributed by atoms with Crippen LogP contribution in [0.15, 0.2) is 0 Å². The molecule has 0 bridgehead atoms. The smallest absolute Gasteiger partial charge is 0.00387 e. The predicted octanol–water partition coefficient (Wildman–Crippen LogP) is 2.94. The van der Waals surface area contributed by atoms with E-state index >= 15 is 0 Å². The lowest BCUT2D eigenvalue weighted by molar-refractivity contribution is 0.419. The van der Waals surface area contributed by atoms with Crippen LogP contribution in [0.3, 0.4) is 0 Å². The third-order valence-corrected chi connectivity index (χ3v) is 2.28. The molecule has 0 aromatic heterocycles. The molecule has 0 amide bonds. The average Bonchev–Trinajstić information content (AvgIpc) is 2.00. The van der Waals surface area contributed by atoms with Crippen LogP contribution in [-0.4, -0.2) is 6.04 Å². The van der Waals surface area contributed by atoms with E-state index < -0.39 is 0 Å². The van der Waals surface area contributed by atoms with E-state index in [4.69, 9.17) is 5.73 Å². The first kappa shape index (κ1) is 11.0. The van der Waals surface area contributed by atoms with Gasteiger partial charge in [-0.2, -0.15) is 0 Å². The van der Waals surface area contributed by atoms with Crippen molar-refractivity contribution in [2.24, 2.45) is 11.7 Å². The highest BCUT2D eigenvalue weighted by Gasteiger charge is 2.05. The van der Waals surface area contributed by atoms with Gasteiger partial charge in [0.2, 0.25) is 0 Å². The van der Waals surface area contributed by atoms with Gasteiger partial charge in [0.1, 0.15) is 0 Å². The highest BCUT2D eigenvalue weighted by Crippen LogP contribution is 2.13. The van der Waals surface area contributed by atoms with Crippen molar-refractivity contribution in [1.82, 2.24) is 0 Å².